The van der Waals surface area contributed by atoms with Gasteiger partial charge in [-0.1, -0.05) is 13.0 Å². The molecular weight excluding hydrogens is 321 g/mol. The van der Waals surface area contributed by atoms with E-state index in [2.05, 4.69) is 22.5 Å². The summed E-state index contributed by atoms with van der Waals surface area (Å²) in [5.74, 6) is 1.28. The molecule has 0 aliphatic carbocycles. The van der Waals surface area contributed by atoms with Crippen LogP contribution in [0.25, 0.3) is 0 Å². The summed E-state index contributed by atoms with van der Waals surface area (Å²) in [5.41, 5.74) is 1.16. The third-order valence-electron chi connectivity index (χ3n) is 4.11. The standard InChI is InChI=1S/C16H25N3O.2ClH/c1-13(15-5-3-8-18-12-15)10-16(20)19-9-6-14-4-2-7-17-11-14;;/h2,4,7,11,13,15,18H,3,5-6,8-10,12H2,1H3,(H,19,20);2*1H. The number of rotatable bonds is 6. The molecule has 0 aromatic carbocycles. The zero-order valence-corrected chi connectivity index (χ0v) is 14.7. The topological polar surface area (TPSA) is 54.0 Å². The number of carbonyl (C=O) groups excluding carboxylic acids is 1. The van der Waals surface area contributed by atoms with Crippen LogP contribution in [0.1, 0.15) is 31.7 Å². The summed E-state index contributed by atoms with van der Waals surface area (Å²) in [7, 11) is 0. The van der Waals surface area contributed by atoms with Crippen LogP contribution < -0.4 is 10.6 Å². The summed E-state index contributed by atoms with van der Waals surface area (Å²) in [5, 5.41) is 6.43. The zero-order chi connectivity index (χ0) is 14.2. The van der Waals surface area contributed by atoms with Crippen molar-refractivity contribution in [3.8, 4) is 0 Å². The molecule has 126 valence electrons. The molecule has 2 N–H and O–H groups in total. The number of nitrogens with one attached hydrogen (secondary N) is 2. The Morgan fingerprint density at radius 2 is 2.32 bits per heavy atom. The lowest BCUT2D eigenvalue weighted by Crippen LogP contribution is -2.36. The van der Waals surface area contributed by atoms with Gasteiger partial charge in [-0.3, -0.25) is 9.78 Å². The predicted octanol–water partition coefficient (Wildman–Crippen LogP) is 2.61. The first-order chi connectivity index (χ1) is 9.75. The number of aromatic nitrogens is 1. The Bertz CT molecular complexity index is 411. The maximum atomic E-state index is 11.9. The molecule has 1 fully saturated rings. The molecule has 1 saturated heterocycles. The number of amides is 1. The lowest BCUT2D eigenvalue weighted by atomic mass is 9.85. The Hall–Kier alpha value is -0.840. The van der Waals surface area contributed by atoms with Crippen molar-refractivity contribution < 1.29 is 4.79 Å². The normalized spacial score (nSPS) is 18.5. The highest BCUT2D eigenvalue weighted by atomic mass is 35.5. The van der Waals surface area contributed by atoms with Crippen molar-refractivity contribution in [3.63, 3.8) is 0 Å². The SMILES string of the molecule is CC(CC(=O)NCCc1cccnc1)C1CCCNC1.Cl.Cl. The van der Waals surface area contributed by atoms with Crippen LogP contribution in [0.4, 0.5) is 0 Å². The van der Waals surface area contributed by atoms with Gasteiger partial charge in [-0.05, 0) is 55.8 Å². The lowest BCUT2D eigenvalue weighted by Gasteiger charge is -2.28. The monoisotopic (exact) mass is 347 g/mol. The zero-order valence-electron chi connectivity index (χ0n) is 13.1. The smallest absolute Gasteiger partial charge is 0.220 e. The highest BCUT2D eigenvalue weighted by Gasteiger charge is 2.21. The molecule has 0 radical (unpaired) electrons. The first-order valence-electron chi connectivity index (χ1n) is 7.62. The highest BCUT2D eigenvalue weighted by molar-refractivity contribution is 5.85. The summed E-state index contributed by atoms with van der Waals surface area (Å²) in [6.07, 6.45) is 7.58. The molecule has 6 heteroatoms. The fraction of sp³-hybridized carbons (Fsp3) is 0.625. The van der Waals surface area contributed by atoms with Crippen molar-refractivity contribution in [1.29, 1.82) is 0 Å². The van der Waals surface area contributed by atoms with E-state index >= 15 is 0 Å². The Balaban J connectivity index is 0.00000220. The second-order valence-corrected chi connectivity index (χ2v) is 5.75. The minimum absolute atomic E-state index is 0. The van der Waals surface area contributed by atoms with Crippen LogP contribution in [0, 0.1) is 11.8 Å². The largest absolute Gasteiger partial charge is 0.356 e. The van der Waals surface area contributed by atoms with Crippen LogP contribution in [-0.4, -0.2) is 30.5 Å². The summed E-state index contributed by atoms with van der Waals surface area (Å²) < 4.78 is 0. The fourth-order valence-corrected chi connectivity index (χ4v) is 2.79. The van der Waals surface area contributed by atoms with Gasteiger partial charge < -0.3 is 10.6 Å². The van der Waals surface area contributed by atoms with Gasteiger partial charge in [-0.15, -0.1) is 24.8 Å². The maximum Gasteiger partial charge on any atom is 0.220 e. The Kier molecular flexibility index (Phi) is 11.2. The van der Waals surface area contributed by atoms with Gasteiger partial charge in [0.05, 0.1) is 0 Å². The summed E-state index contributed by atoms with van der Waals surface area (Å²) >= 11 is 0. The minimum Gasteiger partial charge on any atom is -0.356 e. The van der Waals surface area contributed by atoms with Gasteiger partial charge in [-0.2, -0.15) is 0 Å². The molecular formula is C16H27Cl2N3O. The van der Waals surface area contributed by atoms with E-state index in [1.54, 1.807) is 6.20 Å². The van der Waals surface area contributed by atoms with Crippen molar-refractivity contribution in [2.75, 3.05) is 19.6 Å². The van der Waals surface area contributed by atoms with Crippen molar-refractivity contribution >= 4 is 30.7 Å². The van der Waals surface area contributed by atoms with E-state index in [1.165, 1.54) is 12.8 Å². The van der Waals surface area contributed by atoms with Gasteiger partial charge in [0.15, 0.2) is 0 Å². The van der Waals surface area contributed by atoms with Crippen molar-refractivity contribution in [2.45, 2.75) is 32.6 Å². The van der Waals surface area contributed by atoms with Crippen molar-refractivity contribution in [3.05, 3.63) is 30.1 Å². The average molecular weight is 348 g/mol. The number of carbonyl (C=O) groups is 1. The van der Waals surface area contributed by atoms with Crippen LogP contribution in [0.15, 0.2) is 24.5 Å². The summed E-state index contributed by atoms with van der Waals surface area (Å²) in [4.78, 5) is 16.0. The van der Waals surface area contributed by atoms with Gasteiger partial charge >= 0.3 is 0 Å². The van der Waals surface area contributed by atoms with Crippen LogP contribution >= 0.6 is 24.8 Å². The molecule has 2 rings (SSSR count). The maximum absolute atomic E-state index is 11.9. The molecule has 2 heterocycles. The molecule has 2 unspecified atom stereocenters. The lowest BCUT2D eigenvalue weighted by molar-refractivity contribution is -0.122. The molecule has 22 heavy (non-hydrogen) atoms. The van der Waals surface area contributed by atoms with E-state index in [4.69, 9.17) is 0 Å². The molecule has 1 aromatic heterocycles. The van der Waals surface area contributed by atoms with Gasteiger partial charge in [-0.25, -0.2) is 0 Å². The predicted molar refractivity (Wildman–Crippen MR) is 94.8 cm³/mol. The molecule has 4 nitrogen and oxygen atoms in total. The first-order valence-corrected chi connectivity index (χ1v) is 7.62. The molecule has 1 aliphatic heterocycles. The average Bonchev–Trinajstić information content (AvgIpc) is 2.49. The molecule has 1 aromatic rings. The second kappa shape index (κ2) is 11.7. The number of nitrogens with zero attached hydrogens (tertiary/aromatic N) is 1. The Labute approximate surface area is 145 Å². The first kappa shape index (κ1) is 21.2. The third-order valence-corrected chi connectivity index (χ3v) is 4.11. The van der Waals surface area contributed by atoms with Crippen LogP contribution in [0.3, 0.4) is 0 Å². The van der Waals surface area contributed by atoms with E-state index < -0.39 is 0 Å². The van der Waals surface area contributed by atoms with Gasteiger partial charge in [0.25, 0.3) is 0 Å². The quantitative estimate of drug-likeness (QED) is 0.831. The van der Waals surface area contributed by atoms with E-state index in [-0.39, 0.29) is 30.7 Å². The van der Waals surface area contributed by atoms with Crippen LogP contribution in [-0.2, 0) is 11.2 Å². The second-order valence-electron chi connectivity index (χ2n) is 5.75. The Morgan fingerprint density at radius 1 is 1.50 bits per heavy atom. The molecule has 0 saturated carbocycles. The van der Waals surface area contributed by atoms with E-state index in [0.29, 0.717) is 24.8 Å². The third kappa shape index (κ3) is 7.43. The van der Waals surface area contributed by atoms with Gasteiger partial charge in [0, 0.05) is 25.4 Å². The number of hydrogen-bond donors (Lipinski definition) is 2. The van der Waals surface area contributed by atoms with E-state index in [1.807, 2.05) is 18.3 Å². The molecule has 0 spiro atoms. The molecule has 1 amide bonds. The van der Waals surface area contributed by atoms with E-state index in [0.717, 1.165) is 25.1 Å². The summed E-state index contributed by atoms with van der Waals surface area (Å²) in [6, 6.07) is 3.96. The number of piperidine rings is 1. The van der Waals surface area contributed by atoms with Gasteiger partial charge in [0.2, 0.25) is 5.91 Å². The molecule has 2 atom stereocenters. The number of pyridine rings is 1. The van der Waals surface area contributed by atoms with Crippen molar-refractivity contribution in [1.82, 2.24) is 15.6 Å². The van der Waals surface area contributed by atoms with Crippen LogP contribution in [0.2, 0.25) is 0 Å². The summed E-state index contributed by atoms with van der Waals surface area (Å²) in [6.45, 7) is 5.07. The molecule has 0 bridgehead atoms. The van der Waals surface area contributed by atoms with Crippen LogP contribution in [0.5, 0.6) is 0 Å². The van der Waals surface area contributed by atoms with Gasteiger partial charge in [0.1, 0.15) is 0 Å². The van der Waals surface area contributed by atoms with E-state index in [9.17, 15) is 4.79 Å². The fourth-order valence-electron chi connectivity index (χ4n) is 2.79. The molecule has 1 aliphatic rings. The highest BCUT2D eigenvalue weighted by Crippen LogP contribution is 2.22. The minimum atomic E-state index is 0. The Morgan fingerprint density at radius 3 is 2.95 bits per heavy atom. The van der Waals surface area contributed by atoms with Crippen molar-refractivity contribution in [2.24, 2.45) is 11.8 Å². The number of halogens is 2. The number of hydrogen-bond acceptors (Lipinski definition) is 3.